The molecule has 9 heteroatoms. The van der Waals surface area contributed by atoms with Crippen LogP contribution in [0, 0.1) is 0 Å². The van der Waals surface area contributed by atoms with Gasteiger partial charge in [-0.05, 0) is 57.0 Å². The van der Waals surface area contributed by atoms with Crippen molar-refractivity contribution in [1.29, 1.82) is 0 Å². The Kier molecular flexibility index (Phi) is 7.06. The van der Waals surface area contributed by atoms with Gasteiger partial charge in [0, 0.05) is 56.8 Å². The highest BCUT2D eigenvalue weighted by atomic mass is 16.5. The first-order valence-corrected chi connectivity index (χ1v) is 11.3. The summed E-state index contributed by atoms with van der Waals surface area (Å²) in [6.45, 7) is 4.01. The van der Waals surface area contributed by atoms with Crippen LogP contribution in [-0.4, -0.2) is 79.4 Å². The fourth-order valence-electron chi connectivity index (χ4n) is 4.34. The van der Waals surface area contributed by atoms with Crippen molar-refractivity contribution in [3.8, 4) is 0 Å². The predicted octanol–water partition coefficient (Wildman–Crippen LogP) is 2.10. The fraction of sp³-hybridized carbons (Fsp3) is 0.522. The topological polar surface area (TPSA) is 103 Å². The van der Waals surface area contributed by atoms with Gasteiger partial charge in [-0.25, -0.2) is 0 Å². The second-order valence-electron chi connectivity index (χ2n) is 8.62. The van der Waals surface area contributed by atoms with Gasteiger partial charge in [-0.1, -0.05) is 0 Å². The first-order chi connectivity index (χ1) is 15.5. The molecular weight excluding hydrogens is 408 g/mol. The molecule has 0 spiro atoms. The number of piperazine rings is 1. The van der Waals surface area contributed by atoms with E-state index in [-0.39, 0.29) is 29.7 Å². The minimum atomic E-state index is -0.284. The summed E-state index contributed by atoms with van der Waals surface area (Å²) in [6, 6.07) is 7.67. The minimum absolute atomic E-state index is 0.0938. The molecule has 2 aromatic rings. The maximum Gasteiger partial charge on any atom is 0.274 e. The lowest BCUT2D eigenvalue weighted by Gasteiger charge is -2.34. The number of H-pyrrole nitrogens is 1. The zero-order valence-electron chi connectivity index (χ0n) is 18.8. The van der Waals surface area contributed by atoms with Gasteiger partial charge in [-0.3, -0.25) is 14.7 Å². The first kappa shape index (κ1) is 22.3. The number of nitrogens with zero attached hydrogens (tertiary/aromatic N) is 3. The highest BCUT2D eigenvalue weighted by Gasteiger charge is 2.25. The van der Waals surface area contributed by atoms with Crippen LogP contribution >= 0.6 is 0 Å². The molecule has 1 aromatic heterocycles. The summed E-state index contributed by atoms with van der Waals surface area (Å²) in [4.78, 5) is 30.1. The number of hydrogen-bond donors (Lipinski definition) is 3. The summed E-state index contributed by atoms with van der Waals surface area (Å²) in [5, 5.41) is 12.6. The Bertz CT molecular complexity index is 912. The maximum absolute atomic E-state index is 12.8. The standard InChI is InChI=1S/C23H32N6O3/c1-28-11-13-29(14-12-28)18-7-3-16(4-8-18)22(30)26-20-15-24-27-21(20)23(31)25-17-5-9-19(32-2)10-6-17/h3-4,7-8,15,17,19H,5-6,9-14H2,1-2H3,(H,24,27)(H,25,31)(H,26,30)/t17-,19-. The van der Waals surface area contributed by atoms with E-state index in [2.05, 4.69) is 37.7 Å². The molecule has 1 saturated carbocycles. The molecule has 0 bridgehead atoms. The lowest BCUT2D eigenvalue weighted by atomic mass is 9.93. The molecule has 0 unspecified atom stereocenters. The number of amides is 2. The van der Waals surface area contributed by atoms with Crippen LogP contribution in [0.5, 0.6) is 0 Å². The van der Waals surface area contributed by atoms with Crippen molar-refractivity contribution in [1.82, 2.24) is 20.4 Å². The molecule has 1 aliphatic carbocycles. The van der Waals surface area contributed by atoms with E-state index in [0.717, 1.165) is 57.5 Å². The van der Waals surface area contributed by atoms with Crippen LogP contribution in [0.2, 0.25) is 0 Å². The molecule has 32 heavy (non-hydrogen) atoms. The Morgan fingerprint density at radius 3 is 2.38 bits per heavy atom. The molecule has 172 valence electrons. The van der Waals surface area contributed by atoms with Gasteiger partial charge in [0.1, 0.15) is 0 Å². The van der Waals surface area contributed by atoms with Gasteiger partial charge in [0.2, 0.25) is 0 Å². The predicted molar refractivity (Wildman–Crippen MR) is 123 cm³/mol. The highest BCUT2D eigenvalue weighted by molar-refractivity contribution is 6.08. The number of aromatic nitrogens is 2. The van der Waals surface area contributed by atoms with Crippen molar-refractivity contribution in [2.45, 2.75) is 37.8 Å². The summed E-state index contributed by atoms with van der Waals surface area (Å²) in [5.41, 5.74) is 2.22. The average molecular weight is 441 g/mol. The maximum atomic E-state index is 12.8. The number of nitrogens with one attached hydrogen (secondary N) is 3. The van der Waals surface area contributed by atoms with Gasteiger partial charge < -0.3 is 25.2 Å². The zero-order valence-corrected chi connectivity index (χ0v) is 18.8. The fourth-order valence-corrected chi connectivity index (χ4v) is 4.34. The van der Waals surface area contributed by atoms with Crippen molar-refractivity contribution in [3.63, 3.8) is 0 Å². The third-order valence-corrected chi connectivity index (χ3v) is 6.44. The Balaban J connectivity index is 1.34. The molecular formula is C23H32N6O3. The molecule has 2 aliphatic rings. The van der Waals surface area contributed by atoms with E-state index in [1.807, 2.05) is 24.3 Å². The first-order valence-electron chi connectivity index (χ1n) is 11.3. The Hall–Kier alpha value is -2.91. The summed E-state index contributed by atoms with van der Waals surface area (Å²) in [5.74, 6) is -0.557. The molecule has 3 N–H and O–H groups in total. The lowest BCUT2D eigenvalue weighted by Crippen LogP contribution is -2.44. The number of hydrogen-bond acceptors (Lipinski definition) is 6. The summed E-state index contributed by atoms with van der Waals surface area (Å²) >= 11 is 0. The molecule has 4 rings (SSSR count). The van der Waals surface area contributed by atoms with Crippen LogP contribution in [0.15, 0.2) is 30.5 Å². The summed E-state index contributed by atoms with van der Waals surface area (Å²) in [7, 11) is 3.85. The Morgan fingerprint density at radius 1 is 1.03 bits per heavy atom. The lowest BCUT2D eigenvalue weighted by molar-refractivity contribution is 0.0598. The largest absolute Gasteiger partial charge is 0.381 e. The van der Waals surface area contributed by atoms with E-state index < -0.39 is 0 Å². The second-order valence-corrected chi connectivity index (χ2v) is 8.62. The van der Waals surface area contributed by atoms with E-state index in [1.54, 1.807) is 7.11 Å². The van der Waals surface area contributed by atoms with Crippen molar-refractivity contribution in [3.05, 3.63) is 41.7 Å². The number of ether oxygens (including phenoxy) is 1. The number of carbonyl (C=O) groups is 2. The van der Waals surface area contributed by atoms with Crippen LogP contribution in [0.4, 0.5) is 11.4 Å². The van der Waals surface area contributed by atoms with E-state index in [4.69, 9.17) is 4.74 Å². The van der Waals surface area contributed by atoms with Crippen LogP contribution in [0.3, 0.4) is 0 Å². The SMILES string of the molecule is CO[C@H]1CC[C@H](NC(=O)c2n[nH]cc2NC(=O)c2ccc(N3CCN(C)CC3)cc2)CC1. The number of aromatic amines is 1. The quantitative estimate of drug-likeness (QED) is 0.636. The molecule has 9 nitrogen and oxygen atoms in total. The molecule has 1 aromatic carbocycles. The molecule has 0 atom stereocenters. The van der Waals surface area contributed by atoms with Gasteiger partial charge in [0.15, 0.2) is 5.69 Å². The number of benzene rings is 1. The smallest absolute Gasteiger partial charge is 0.274 e. The second kappa shape index (κ2) is 10.1. The molecule has 2 fully saturated rings. The molecule has 2 heterocycles. The number of anilines is 2. The van der Waals surface area contributed by atoms with E-state index in [0.29, 0.717) is 11.3 Å². The third-order valence-electron chi connectivity index (χ3n) is 6.44. The third kappa shape index (κ3) is 5.28. The molecule has 0 radical (unpaired) electrons. The Labute approximate surface area is 188 Å². The van der Waals surface area contributed by atoms with Crippen LogP contribution in [0.25, 0.3) is 0 Å². The number of carbonyl (C=O) groups excluding carboxylic acids is 2. The van der Waals surface area contributed by atoms with Crippen LogP contribution in [0.1, 0.15) is 46.5 Å². The van der Waals surface area contributed by atoms with Gasteiger partial charge in [0.05, 0.1) is 11.8 Å². The van der Waals surface area contributed by atoms with Crippen LogP contribution < -0.4 is 15.5 Å². The Morgan fingerprint density at radius 2 is 1.72 bits per heavy atom. The van der Waals surface area contributed by atoms with E-state index in [1.165, 1.54) is 6.20 Å². The average Bonchev–Trinajstić information content (AvgIpc) is 3.28. The number of likely N-dealkylation sites (N-methyl/N-ethyl adjacent to an activating group) is 1. The van der Waals surface area contributed by atoms with Gasteiger partial charge >= 0.3 is 0 Å². The van der Waals surface area contributed by atoms with Crippen molar-refractivity contribution >= 4 is 23.2 Å². The van der Waals surface area contributed by atoms with E-state index in [9.17, 15) is 9.59 Å². The van der Waals surface area contributed by atoms with Crippen LogP contribution in [-0.2, 0) is 4.74 Å². The van der Waals surface area contributed by atoms with E-state index >= 15 is 0 Å². The van der Waals surface area contributed by atoms with Crippen molar-refractivity contribution in [2.24, 2.45) is 0 Å². The summed E-state index contributed by atoms with van der Waals surface area (Å²) < 4.78 is 5.39. The van der Waals surface area contributed by atoms with Crippen molar-refractivity contribution in [2.75, 3.05) is 50.6 Å². The molecule has 2 amide bonds. The zero-order chi connectivity index (χ0) is 22.5. The molecule has 1 aliphatic heterocycles. The summed E-state index contributed by atoms with van der Waals surface area (Å²) in [6.07, 6.45) is 5.40. The van der Waals surface area contributed by atoms with Gasteiger partial charge in [-0.15, -0.1) is 0 Å². The van der Waals surface area contributed by atoms with Gasteiger partial charge in [0.25, 0.3) is 11.8 Å². The highest BCUT2D eigenvalue weighted by Crippen LogP contribution is 2.22. The minimum Gasteiger partial charge on any atom is -0.381 e. The van der Waals surface area contributed by atoms with Crippen molar-refractivity contribution < 1.29 is 14.3 Å². The van der Waals surface area contributed by atoms with Gasteiger partial charge in [-0.2, -0.15) is 5.10 Å². The normalized spacial score (nSPS) is 21.9. The molecule has 1 saturated heterocycles. The number of rotatable bonds is 6. The number of methoxy groups -OCH3 is 1. The monoisotopic (exact) mass is 440 g/mol.